The van der Waals surface area contributed by atoms with Gasteiger partial charge in [0.05, 0.1) is 5.41 Å². The minimum absolute atomic E-state index is 0.0949. The summed E-state index contributed by atoms with van der Waals surface area (Å²) in [5.74, 6) is -0.230. The van der Waals surface area contributed by atoms with Crippen LogP contribution in [0.1, 0.15) is 64.4 Å². The maximum Gasteiger partial charge on any atom is 0.312 e. The van der Waals surface area contributed by atoms with E-state index in [0.29, 0.717) is 12.0 Å². The van der Waals surface area contributed by atoms with Crippen LogP contribution in [0.3, 0.4) is 0 Å². The fourth-order valence-corrected chi connectivity index (χ4v) is 4.14. The van der Waals surface area contributed by atoms with Crippen molar-refractivity contribution in [2.45, 2.75) is 69.9 Å². The molecule has 1 atom stereocenters. The molecule has 0 spiro atoms. The zero-order valence-corrected chi connectivity index (χ0v) is 14.1. The van der Waals surface area contributed by atoms with Crippen molar-refractivity contribution in [1.29, 1.82) is 0 Å². The SMILES string of the molecule is CC(C)(C)OC(=O)C12CCC(N)(CC1)C(c1ccc[nH]c1=O)C2. The van der Waals surface area contributed by atoms with Crippen LogP contribution in [0.25, 0.3) is 0 Å². The van der Waals surface area contributed by atoms with Gasteiger partial charge >= 0.3 is 5.97 Å². The van der Waals surface area contributed by atoms with E-state index in [1.807, 2.05) is 32.9 Å². The summed E-state index contributed by atoms with van der Waals surface area (Å²) in [5.41, 5.74) is 5.83. The lowest BCUT2D eigenvalue weighted by atomic mass is 9.52. The van der Waals surface area contributed by atoms with Crippen LogP contribution >= 0.6 is 0 Å². The number of aromatic amines is 1. The predicted octanol–water partition coefficient (Wildman–Crippen LogP) is 2.46. The molecule has 0 saturated heterocycles. The minimum Gasteiger partial charge on any atom is -0.460 e. The molecule has 3 fully saturated rings. The molecule has 1 unspecified atom stereocenters. The molecular weight excluding hydrogens is 292 g/mol. The van der Waals surface area contributed by atoms with Gasteiger partial charge < -0.3 is 15.5 Å². The van der Waals surface area contributed by atoms with Crippen molar-refractivity contribution >= 4 is 5.97 Å². The smallest absolute Gasteiger partial charge is 0.312 e. The number of carbonyl (C=O) groups is 1. The maximum absolute atomic E-state index is 12.8. The Morgan fingerprint density at radius 3 is 2.52 bits per heavy atom. The van der Waals surface area contributed by atoms with Crippen molar-refractivity contribution in [2.24, 2.45) is 11.1 Å². The molecule has 5 nitrogen and oxygen atoms in total. The lowest BCUT2D eigenvalue weighted by molar-refractivity contribution is -0.175. The Morgan fingerprint density at radius 1 is 1.30 bits per heavy atom. The third-order valence-electron chi connectivity index (χ3n) is 5.48. The third-order valence-corrected chi connectivity index (χ3v) is 5.48. The molecule has 1 aromatic heterocycles. The largest absolute Gasteiger partial charge is 0.460 e. The van der Waals surface area contributed by atoms with Crippen LogP contribution in [0.15, 0.2) is 23.1 Å². The fraction of sp³-hybridized carbons (Fsp3) is 0.667. The summed E-state index contributed by atoms with van der Waals surface area (Å²) < 4.78 is 5.68. The van der Waals surface area contributed by atoms with Gasteiger partial charge in [0.25, 0.3) is 5.56 Å². The fourth-order valence-electron chi connectivity index (χ4n) is 4.14. The molecule has 23 heavy (non-hydrogen) atoms. The van der Waals surface area contributed by atoms with Crippen molar-refractivity contribution in [2.75, 3.05) is 0 Å². The lowest BCUT2D eigenvalue weighted by Crippen LogP contribution is -2.60. The van der Waals surface area contributed by atoms with E-state index < -0.39 is 16.6 Å². The normalized spacial score (nSPS) is 33.5. The number of fused-ring (bicyclic) bond motifs is 3. The van der Waals surface area contributed by atoms with E-state index in [9.17, 15) is 9.59 Å². The van der Waals surface area contributed by atoms with Crippen LogP contribution < -0.4 is 11.3 Å². The molecule has 0 aliphatic heterocycles. The average molecular weight is 318 g/mol. The third kappa shape index (κ3) is 2.82. The highest BCUT2D eigenvalue weighted by Gasteiger charge is 2.57. The molecule has 3 N–H and O–H groups in total. The molecule has 126 valence electrons. The van der Waals surface area contributed by atoms with Gasteiger partial charge in [0.2, 0.25) is 0 Å². The van der Waals surface area contributed by atoms with Crippen molar-refractivity contribution < 1.29 is 9.53 Å². The van der Waals surface area contributed by atoms with Gasteiger partial charge in [0, 0.05) is 23.2 Å². The van der Waals surface area contributed by atoms with Crippen LogP contribution in [-0.4, -0.2) is 22.1 Å². The molecule has 3 aliphatic rings. The molecule has 0 radical (unpaired) electrons. The van der Waals surface area contributed by atoms with Crippen LogP contribution in [0.4, 0.5) is 0 Å². The Hall–Kier alpha value is -1.62. The number of ether oxygens (including phenoxy) is 1. The first kappa shape index (κ1) is 16.2. The average Bonchev–Trinajstić information content (AvgIpc) is 2.47. The zero-order chi connectivity index (χ0) is 16.9. The van der Waals surface area contributed by atoms with Gasteiger partial charge in [-0.05, 0) is 58.9 Å². The molecule has 5 heteroatoms. The highest BCUT2D eigenvalue weighted by atomic mass is 16.6. The number of rotatable bonds is 2. The monoisotopic (exact) mass is 318 g/mol. The number of aromatic nitrogens is 1. The minimum atomic E-state index is -0.500. The van der Waals surface area contributed by atoms with E-state index in [4.69, 9.17) is 10.5 Å². The summed E-state index contributed by atoms with van der Waals surface area (Å²) in [4.78, 5) is 27.7. The summed E-state index contributed by atoms with van der Waals surface area (Å²) in [6.45, 7) is 5.67. The van der Waals surface area contributed by atoms with Gasteiger partial charge in [0.1, 0.15) is 5.60 Å². The van der Waals surface area contributed by atoms with Gasteiger partial charge in [-0.15, -0.1) is 0 Å². The van der Waals surface area contributed by atoms with Crippen molar-refractivity contribution in [3.63, 3.8) is 0 Å². The van der Waals surface area contributed by atoms with Gasteiger partial charge in [-0.3, -0.25) is 9.59 Å². The molecule has 1 aromatic rings. The molecular formula is C18H26N2O3. The van der Waals surface area contributed by atoms with Crippen molar-refractivity contribution in [3.05, 3.63) is 34.2 Å². The Labute approximate surface area is 136 Å². The first-order valence-corrected chi connectivity index (χ1v) is 8.35. The van der Waals surface area contributed by atoms with E-state index in [0.717, 1.165) is 25.7 Å². The number of H-pyrrole nitrogens is 1. The van der Waals surface area contributed by atoms with Crippen molar-refractivity contribution in [3.8, 4) is 0 Å². The molecule has 2 bridgehead atoms. The van der Waals surface area contributed by atoms with E-state index >= 15 is 0 Å². The van der Waals surface area contributed by atoms with Crippen LogP contribution in [0, 0.1) is 5.41 Å². The highest BCUT2D eigenvalue weighted by Crippen LogP contribution is 2.57. The number of nitrogens with two attached hydrogens (primary N) is 1. The molecule has 0 aromatic carbocycles. The van der Waals surface area contributed by atoms with E-state index in [1.165, 1.54) is 0 Å². The second kappa shape index (κ2) is 5.20. The van der Waals surface area contributed by atoms with Gasteiger partial charge in [-0.2, -0.15) is 0 Å². The highest BCUT2D eigenvalue weighted by molar-refractivity contribution is 5.78. The number of carbonyl (C=O) groups excluding carboxylic acids is 1. The van der Waals surface area contributed by atoms with Crippen LogP contribution in [-0.2, 0) is 9.53 Å². The molecule has 3 aliphatic carbocycles. The van der Waals surface area contributed by atoms with Crippen molar-refractivity contribution in [1.82, 2.24) is 4.98 Å². The second-order valence-electron chi connectivity index (χ2n) is 8.23. The predicted molar refractivity (Wildman–Crippen MR) is 88.1 cm³/mol. The Morgan fingerprint density at radius 2 is 1.96 bits per heavy atom. The van der Waals surface area contributed by atoms with Gasteiger partial charge in [-0.25, -0.2) is 0 Å². The van der Waals surface area contributed by atoms with Crippen LogP contribution in [0.5, 0.6) is 0 Å². The summed E-state index contributed by atoms with van der Waals surface area (Å²) in [7, 11) is 0. The first-order valence-electron chi connectivity index (χ1n) is 8.35. The lowest BCUT2D eigenvalue weighted by Gasteiger charge is -2.55. The topological polar surface area (TPSA) is 85.2 Å². The number of nitrogens with one attached hydrogen (secondary N) is 1. The summed E-state index contributed by atoms with van der Waals surface area (Å²) >= 11 is 0. The summed E-state index contributed by atoms with van der Waals surface area (Å²) in [5, 5.41) is 0. The van der Waals surface area contributed by atoms with Crippen LogP contribution in [0.2, 0.25) is 0 Å². The number of hydrogen-bond donors (Lipinski definition) is 2. The molecule has 4 rings (SSSR count). The maximum atomic E-state index is 12.8. The second-order valence-corrected chi connectivity index (χ2v) is 8.23. The summed E-state index contributed by atoms with van der Waals surface area (Å²) in [6.07, 6.45) is 5.24. The Bertz CT molecular complexity index is 663. The van der Waals surface area contributed by atoms with Gasteiger partial charge in [0.15, 0.2) is 0 Å². The Balaban J connectivity index is 1.94. The molecule has 3 saturated carbocycles. The Kier molecular flexibility index (Phi) is 3.67. The number of esters is 1. The van der Waals surface area contributed by atoms with E-state index in [-0.39, 0.29) is 17.4 Å². The van der Waals surface area contributed by atoms with Gasteiger partial charge in [-0.1, -0.05) is 6.07 Å². The standard InChI is InChI=1S/C18H26N2O3/c1-16(2,3)23-15(22)17-6-8-18(19,9-7-17)13(11-17)12-5-4-10-20-14(12)21/h4-5,10,13H,6-9,11,19H2,1-3H3,(H,20,21). The quantitative estimate of drug-likeness (QED) is 0.820. The number of pyridine rings is 1. The molecule has 1 heterocycles. The first-order chi connectivity index (χ1) is 10.7. The molecule has 0 amide bonds. The van der Waals surface area contributed by atoms with E-state index in [1.54, 1.807) is 6.20 Å². The number of hydrogen-bond acceptors (Lipinski definition) is 4. The van der Waals surface area contributed by atoms with E-state index in [2.05, 4.69) is 4.98 Å². The summed E-state index contributed by atoms with van der Waals surface area (Å²) in [6, 6.07) is 3.66. The zero-order valence-electron chi connectivity index (χ0n) is 14.1.